The van der Waals surface area contributed by atoms with Crippen LogP contribution in [0.5, 0.6) is 0 Å². The Morgan fingerprint density at radius 1 is 1.67 bits per heavy atom. The van der Waals surface area contributed by atoms with Crippen molar-refractivity contribution in [1.82, 2.24) is 5.32 Å². The molecule has 0 bridgehead atoms. The van der Waals surface area contributed by atoms with Crippen molar-refractivity contribution in [3.63, 3.8) is 0 Å². The Morgan fingerprint density at radius 3 is 2.42 bits per heavy atom. The molecule has 0 aliphatic carbocycles. The van der Waals surface area contributed by atoms with Crippen molar-refractivity contribution < 1.29 is 4.79 Å². The predicted octanol–water partition coefficient (Wildman–Crippen LogP) is 1.28. The van der Waals surface area contributed by atoms with Crippen molar-refractivity contribution >= 4 is 17.5 Å². The molecule has 0 spiro atoms. The maximum atomic E-state index is 10.8. The molecule has 0 radical (unpaired) electrons. The van der Waals surface area contributed by atoms with Crippen molar-refractivity contribution in [1.29, 1.82) is 5.26 Å². The van der Waals surface area contributed by atoms with Gasteiger partial charge in [0, 0.05) is 0 Å². The van der Waals surface area contributed by atoms with Crippen molar-refractivity contribution in [3.8, 4) is 6.07 Å². The topological polar surface area (TPSA) is 52.9 Å². The number of alkyl halides is 1. The van der Waals surface area contributed by atoms with Gasteiger partial charge in [-0.3, -0.25) is 4.79 Å². The fraction of sp³-hybridized carbons (Fsp3) is 0.750. The Kier molecular flexibility index (Phi) is 4.05. The highest BCUT2D eigenvalue weighted by molar-refractivity contribution is 6.27. The molecule has 0 aliphatic heterocycles. The molecule has 1 unspecified atom stereocenters. The average molecular weight is 189 g/mol. The molecule has 0 aromatic heterocycles. The Morgan fingerprint density at radius 2 is 2.17 bits per heavy atom. The van der Waals surface area contributed by atoms with E-state index in [4.69, 9.17) is 16.9 Å². The van der Waals surface area contributed by atoms with Gasteiger partial charge < -0.3 is 5.32 Å². The first-order valence-corrected chi connectivity index (χ1v) is 4.20. The van der Waals surface area contributed by atoms with Crippen molar-refractivity contribution in [2.24, 2.45) is 5.41 Å². The number of rotatable bonds is 2. The Hall–Kier alpha value is -0.750. The van der Waals surface area contributed by atoms with E-state index in [0.29, 0.717) is 0 Å². The normalized spacial score (nSPS) is 13.2. The van der Waals surface area contributed by atoms with Gasteiger partial charge in [-0.15, -0.1) is 11.6 Å². The molecule has 12 heavy (non-hydrogen) atoms. The summed E-state index contributed by atoms with van der Waals surface area (Å²) in [7, 11) is 0. The standard InChI is InChI=1S/C8H13ClN2O/c1-8(2,3)6(5-10)11-7(12)4-9/h6H,4H2,1-3H3,(H,11,12). The van der Waals surface area contributed by atoms with Gasteiger partial charge in [-0.05, 0) is 5.41 Å². The number of hydrogen-bond acceptors (Lipinski definition) is 2. The zero-order valence-electron chi connectivity index (χ0n) is 7.52. The van der Waals surface area contributed by atoms with E-state index >= 15 is 0 Å². The monoisotopic (exact) mass is 188 g/mol. The largest absolute Gasteiger partial charge is 0.339 e. The van der Waals surface area contributed by atoms with Crippen LogP contribution in [0.4, 0.5) is 0 Å². The maximum absolute atomic E-state index is 10.8. The fourth-order valence-corrected chi connectivity index (χ4v) is 0.719. The lowest BCUT2D eigenvalue weighted by Gasteiger charge is -2.24. The van der Waals surface area contributed by atoms with Crippen LogP contribution in [-0.4, -0.2) is 17.8 Å². The van der Waals surface area contributed by atoms with E-state index in [1.807, 2.05) is 26.8 Å². The lowest BCUT2D eigenvalue weighted by molar-refractivity contribution is -0.119. The molecule has 4 heteroatoms. The highest BCUT2D eigenvalue weighted by atomic mass is 35.5. The molecule has 1 N–H and O–H groups in total. The second kappa shape index (κ2) is 4.32. The van der Waals surface area contributed by atoms with Crippen LogP contribution in [0.15, 0.2) is 0 Å². The first-order valence-electron chi connectivity index (χ1n) is 3.66. The number of carbonyl (C=O) groups is 1. The van der Waals surface area contributed by atoms with E-state index in [2.05, 4.69) is 5.32 Å². The molecule has 0 aromatic carbocycles. The van der Waals surface area contributed by atoms with Crippen LogP contribution in [0.1, 0.15) is 20.8 Å². The summed E-state index contributed by atoms with van der Waals surface area (Å²) in [5.41, 5.74) is -0.254. The smallest absolute Gasteiger partial charge is 0.235 e. The van der Waals surface area contributed by atoms with Gasteiger partial charge in [0.15, 0.2) is 0 Å². The second-order valence-corrected chi connectivity index (χ2v) is 3.90. The van der Waals surface area contributed by atoms with E-state index < -0.39 is 6.04 Å². The summed E-state index contributed by atoms with van der Waals surface area (Å²) in [5, 5.41) is 11.2. The Balaban J connectivity index is 4.22. The predicted molar refractivity (Wildman–Crippen MR) is 47.7 cm³/mol. The quantitative estimate of drug-likeness (QED) is 0.664. The number of halogens is 1. The Bertz CT molecular complexity index is 202. The lowest BCUT2D eigenvalue weighted by Crippen LogP contribution is -2.43. The van der Waals surface area contributed by atoms with Crippen molar-refractivity contribution in [2.75, 3.05) is 5.88 Å². The zero-order valence-corrected chi connectivity index (χ0v) is 8.27. The molecule has 0 saturated carbocycles. The van der Waals surface area contributed by atoms with Gasteiger partial charge in [-0.2, -0.15) is 5.26 Å². The molecule has 1 amide bonds. The van der Waals surface area contributed by atoms with Crippen LogP contribution in [0.2, 0.25) is 0 Å². The molecule has 1 atom stereocenters. The van der Waals surface area contributed by atoms with Crippen LogP contribution >= 0.6 is 11.6 Å². The second-order valence-electron chi connectivity index (χ2n) is 3.63. The lowest BCUT2D eigenvalue weighted by atomic mass is 9.88. The average Bonchev–Trinajstić information content (AvgIpc) is 1.97. The third kappa shape index (κ3) is 3.59. The first-order chi connectivity index (χ1) is 5.41. The molecule has 0 rings (SSSR count). The van der Waals surface area contributed by atoms with Gasteiger partial charge >= 0.3 is 0 Å². The third-order valence-corrected chi connectivity index (χ3v) is 1.66. The molecule has 0 fully saturated rings. The van der Waals surface area contributed by atoms with Crippen molar-refractivity contribution in [2.45, 2.75) is 26.8 Å². The number of nitrogens with zero attached hydrogens (tertiary/aromatic N) is 1. The summed E-state index contributed by atoms with van der Waals surface area (Å²) in [6.45, 7) is 5.65. The summed E-state index contributed by atoms with van der Waals surface area (Å²) < 4.78 is 0. The molecule has 68 valence electrons. The molecule has 3 nitrogen and oxygen atoms in total. The van der Waals surface area contributed by atoms with Crippen LogP contribution in [-0.2, 0) is 4.79 Å². The molecule has 0 aliphatic rings. The summed E-state index contributed by atoms with van der Waals surface area (Å²) in [6, 6.07) is 1.53. The van der Waals surface area contributed by atoms with Crippen LogP contribution < -0.4 is 5.32 Å². The van der Waals surface area contributed by atoms with E-state index in [1.165, 1.54) is 0 Å². The number of amides is 1. The molecule has 0 heterocycles. The molecular formula is C8H13ClN2O. The van der Waals surface area contributed by atoms with Gasteiger partial charge in [0.05, 0.1) is 6.07 Å². The number of carbonyl (C=O) groups excluding carboxylic acids is 1. The maximum Gasteiger partial charge on any atom is 0.235 e. The summed E-state index contributed by atoms with van der Waals surface area (Å²) in [5.74, 6) is -0.410. The van der Waals surface area contributed by atoms with Gasteiger partial charge in [0.1, 0.15) is 11.9 Å². The van der Waals surface area contributed by atoms with Crippen LogP contribution in [0.3, 0.4) is 0 Å². The van der Waals surface area contributed by atoms with Gasteiger partial charge in [-0.1, -0.05) is 20.8 Å². The van der Waals surface area contributed by atoms with Gasteiger partial charge in [-0.25, -0.2) is 0 Å². The molecule has 0 aromatic rings. The molecular weight excluding hydrogens is 176 g/mol. The van der Waals surface area contributed by atoms with E-state index in [-0.39, 0.29) is 17.2 Å². The minimum absolute atomic E-state index is 0.103. The van der Waals surface area contributed by atoms with Gasteiger partial charge in [0.25, 0.3) is 0 Å². The summed E-state index contributed by atoms with van der Waals surface area (Å²) in [6.07, 6.45) is 0. The van der Waals surface area contributed by atoms with Crippen LogP contribution in [0.25, 0.3) is 0 Å². The first kappa shape index (κ1) is 11.2. The number of nitriles is 1. The van der Waals surface area contributed by atoms with Crippen LogP contribution in [0, 0.1) is 16.7 Å². The molecule has 0 saturated heterocycles. The Labute approximate surface area is 77.7 Å². The number of hydrogen-bond donors (Lipinski definition) is 1. The highest BCUT2D eigenvalue weighted by Gasteiger charge is 2.25. The number of nitrogens with one attached hydrogen (secondary N) is 1. The van der Waals surface area contributed by atoms with E-state index in [9.17, 15) is 4.79 Å². The minimum atomic E-state index is -0.483. The highest BCUT2D eigenvalue weighted by Crippen LogP contribution is 2.18. The van der Waals surface area contributed by atoms with E-state index in [0.717, 1.165) is 0 Å². The third-order valence-electron chi connectivity index (χ3n) is 1.42. The zero-order chi connectivity index (χ0) is 9.78. The van der Waals surface area contributed by atoms with Crippen molar-refractivity contribution in [3.05, 3.63) is 0 Å². The SMILES string of the molecule is CC(C)(C)C(C#N)NC(=O)CCl. The minimum Gasteiger partial charge on any atom is -0.339 e. The van der Waals surface area contributed by atoms with E-state index in [1.54, 1.807) is 0 Å². The summed E-state index contributed by atoms with van der Waals surface area (Å²) >= 11 is 5.28. The van der Waals surface area contributed by atoms with Gasteiger partial charge in [0.2, 0.25) is 5.91 Å². The summed E-state index contributed by atoms with van der Waals surface area (Å²) in [4.78, 5) is 10.8. The fourth-order valence-electron chi connectivity index (χ4n) is 0.642.